The zero-order valence-electron chi connectivity index (χ0n) is 7.96. The predicted octanol–water partition coefficient (Wildman–Crippen LogP) is 3.04. The van der Waals surface area contributed by atoms with Crippen molar-refractivity contribution >= 4 is 5.71 Å². The summed E-state index contributed by atoms with van der Waals surface area (Å²) in [6.45, 7) is 6.94. The van der Waals surface area contributed by atoms with E-state index in [2.05, 4.69) is 36.2 Å². The Morgan fingerprint density at radius 1 is 1.17 bits per heavy atom. The maximum absolute atomic E-state index is 4.32. The fraction of sp³-hybridized carbons (Fsp3) is 0.364. The van der Waals surface area contributed by atoms with Crippen molar-refractivity contribution in [3.8, 4) is 0 Å². The van der Waals surface area contributed by atoms with Crippen LogP contribution in [-0.4, -0.2) is 5.71 Å². The Morgan fingerprint density at radius 2 is 1.83 bits per heavy atom. The highest BCUT2D eigenvalue weighted by molar-refractivity contribution is 6.01. The van der Waals surface area contributed by atoms with Gasteiger partial charge in [0, 0.05) is 11.3 Å². The first kappa shape index (κ1) is 8.98. The normalized spacial score (nSPS) is 12.8. The first-order valence-corrected chi connectivity index (χ1v) is 4.47. The van der Waals surface area contributed by atoms with E-state index in [1.54, 1.807) is 0 Å². The van der Waals surface area contributed by atoms with E-state index in [1.165, 1.54) is 16.8 Å². The van der Waals surface area contributed by atoms with Gasteiger partial charge in [-0.25, -0.2) is 0 Å². The molecular formula is C11H15N. The van der Waals surface area contributed by atoms with Crippen LogP contribution in [0, 0.1) is 0 Å². The summed E-state index contributed by atoms with van der Waals surface area (Å²) in [7, 11) is 0. The van der Waals surface area contributed by atoms with Gasteiger partial charge in [-0.1, -0.05) is 38.1 Å². The summed E-state index contributed by atoms with van der Waals surface area (Å²) < 4.78 is 0. The number of aliphatic imine (C=N–C) groups is 1. The molecule has 0 aliphatic carbocycles. The number of fused-ring (bicyclic) bond motifs is 1. The van der Waals surface area contributed by atoms with E-state index < -0.39 is 0 Å². The van der Waals surface area contributed by atoms with E-state index in [9.17, 15) is 0 Å². The van der Waals surface area contributed by atoms with Crippen LogP contribution in [0.25, 0.3) is 0 Å². The standard InChI is InChI=1S/C9H9N.C2H6/c1-7-9-5-3-2-4-8(9)6-10-7;1-2/h2-5H,6H2,1H3;1-2H3. The highest BCUT2D eigenvalue weighted by atomic mass is 14.8. The molecule has 1 heterocycles. The van der Waals surface area contributed by atoms with Gasteiger partial charge in [-0.2, -0.15) is 0 Å². The smallest absolute Gasteiger partial charge is 0.0649 e. The summed E-state index contributed by atoms with van der Waals surface area (Å²) in [5.74, 6) is 0. The Kier molecular flexibility index (Phi) is 3.03. The molecule has 1 heteroatoms. The highest BCUT2D eigenvalue weighted by Gasteiger charge is 2.08. The molecule has 0 radical (unpaired) electrons. The van der Waals surface area contributed by atoms with Crippen LogP contribution in [0.4, 0.5) is 0 Å². The molecule has 1 aromatic rings. The predicted molar refractivity (Wildman–Crippen MR) is 53.7 cm³/mol. The van der Waals surface area contributed by atoms with Crippen LogP contribution in [0.15, 0.2) is 29.3 Å². The second kappa shape index (κ2) is 4.05. The lowest BCUT2D eigenvalue weighted by Crippen LogP contribution is -1.89. The third kappa shape index (κ3) is 1.55. The van der Waals surface area contributed by atoms with E-state index >= 15 is 0 Å². The minimum absolute atomic E-state index is 0.877. The Hall–Kier alpha value is -1.11. The average Bonchev–Trinajstić information content (AvgIpc) is 2.53. The lowest BCUT2D eigenvalue weighted by molar-refractivity contribution is 1.11. The summed E-state index contributed by atoms with van der Waals surface area (Å²) in [4.78, 5) is 4.32. The molecule has 1 aliphatic heterocycles. The SMILES string of the molecule is CC.CC1=NCc2ccccc21. The first-order valence-electron chi connectivity index (χ1n) is 4.47. The molecule has 0 atom stereocenters. The molecule has 64 valence electrons. The molecule has 1 aliphatic rings. The molecule has 0 saturated heterocycles. The van der Waals surface area contributed by atoms with Gasteiger partial charge in [0.1, 0.15) is 0 Å². The topological polar surface area (TPSA) is 12.4 Å². The van der Waals surface area contributed by atoms with Crippen molar-refractivity contribution in [3.05, 3.63) is 35.4 Å². The summed E-state index contributed by atoms with van der Waals surface area (Å²) in [5.41, 5.74) is 3.86. The number of hydrogen-bond acceptors (Lipinski definition) is 1. The molecule has 12 heavy (non-hydrogen) atoms. The number of benzene rings is 1. The maximum atomic E-state index is 4.32. The Labute approximate surface area is 74.2 Å². The number of nitrogens with zero attached hydrogens (tertiary/aromatic N) is 1. The number of rotatable bonds is 0. The quantitative estimate of drug-likeness (QED) is 0.554. The Bertz CT molecular complexity index is 287. The third-order valence-corrected chi connectivity index (χ3v) is 1.89. The monoisotopic (exact) mass is 161 g/mol. The van der Waals surface area contributed by atoms with Crippen LogP contribution in [0.2, 0.25) is 0 Å². The van der Waals surface area contributed by atoms with Crippen LogP contribution >= 0.6 is 0 Å². The first-order chi connectivity index (χ1) is 5.88. The van der Waals surface area contributed by atoms with Crippen molar-refractivity contribution in [1.82, 2.24) is 0 Å². The fourth-order valence-electron chi connectivity index (χ4n) is 1.30. The third-order valence-electron chi connectivity index (χ3n) is 1.89. The van der Waals surface area contributed by atoms with Crippen LogP contribution in [-0.2, 0) is 6.54 Å². The zero-order valence-corrected chi connectivity index (χ0v) is 7.96. The van der Waals surface area contributed by atoms with Gasteiger partial charge in [-0.3, -0.25) is 4.99 Å². The minimum Gasteiger partial charge on any atom is -0.285 e. The van der Waals surface area contributed by atoms with Crippen molar-refractivity contribution < 1.29 is 0 Å². The summed E-state index contributed by atoms with van der Waals surface area (Å²) in [5, 5.41) is 0. The van der Waals surface area contributed by atoms with Gasteiger partial charge in [0.25, 0.3) is 0 Å². The lowest BCUT2D eigenvalue weighted by atomic mass is 10.1. The molecule has 0 unspecified atom stereocenters. The molecule has 1 aromatic carbocycles. The van der Waals surface area contributed by atoms with Crippen molar-refractivity contribution in [2.45, 2.75) is 27.3 Å². The molecule has 1 nitrogen and oxygen atoms in total. The van der Waals surface area contributed by atoms with E-state index in [4.69, 9.17) is 0 Å². The van der Waals surface area contributed by atoms with Gasteiger partial charge < -0.3 is 0 Å². The molecule has 0 fully saturated rings. The molecule has 0 spiro atoms. The van der Waals surface area contributed by atoms with E-state index in [0.717, 1.165) is 6.54 Å². The second-order valence-corrected chi connectivity index (χ2v) is 2.56. The lowest BCUT2D eigenvalue weighted by Gasteiger charge is -1.94. The van der Waals surface area contributed by atoms with Crippen molar-refractivity contribution in [2.24, 2.45) is 4.99 Å². The Balaban J connectivity index is 0.000000336. The second-order valence-electron chi connectivity index (χ2n) is 2.56. The average molecular weight is 161 g/mol. The van der Waals surface area contributed by atoms with Gasteiger partial charge in [0.15, 0.2) is 0 Å². The summed E-state index contributed by atoms with van der Waals surface area (Å²) in [6.07, 6.45) is 0. The zero-order chi connectivity index (χ0) is 8.97. The molecule has 0 saturated carbocycles. The van der Waals surface area contributed by atoms with E-state index in [1.807, 2.05) is 13.8 Å². The van der Waals surface area contributed by atoms with Gasteiger partial charge in [0.2, 0.25) is 0 Å². The molecular weight excluding hydrogens is 146 g/mol. The summed E-state index contributed by atoms with van der Waals surface area (Å²) in [6, 6.07) is 8.38. The van der Waals surface area contributed by atoms with Crippen LogP contribution in [0.5, 0.6) is 0 Å². The largest absolute Gasteiger partial charge is 0.285 e. The maximum Gasteiger partial charge on any atom is 0.0649 e. The molecule has 0 bridgehead atoms. The van der Waals surface area contributed by atoms with Gasteiger partial charge in [0.05, 0.1) is 6.54 Å². The molecule has 2 rings (SSSR count). The number of hydrogen-bond donors (Lipinski definition) is 0. The molecule has 0 aromatic heterocycles. The highest BCUT2D eigenvalue weighted by Crippen LogP contribution is 2.17. The minimum atomic E-state index is 0.877. The van der Waals surface area contributed by atoms with Crippen LogP contribution < -0.4 is 0 Å². The van der Waals surface area contributed by atoms with Crippen LogP contribution in [0.3, 0.4) is 0 Å². The Morgan fingerprint density at radius 3 is 2.50 bits per heavy atom. The van der Waals surface area contributed by atoms with Crippen molar-refractivity contribution in [1.29, 1.82) is 0 Å². The fourth-order valence-corrected chi connectivity index (χ4v) is 1.30. The summed E-state index contributed by atoms with van der Waals surface area (Å²) >= 11 is 0. The van der Waals surface area contributed by atoms with E-state index in [-0.39, 0.29) is 0 Å². The molecule has 0 N–H and O–H groups in total. The van der Waals surface area contributed by atoms with Gasteiger partial charge in [-0.05, 0) is 12.5 Å². The van der Waals surface area contributed by atoms with E-state index in [0.29, 0.717) is 0 Å². The molecule has 0 amide bonds. The van der Waals surface area contributed by atoms with Crippen LogP contribution in [0.1, 0.15) is 31.9 Å². The van der Waals surface area contributed by atoms with Crippen molar-refractivity contribution in [3.63, 3.8) is 0 Å². The van der Waals surface area contributed by atoms with Gasteiger partial charge in [-0.15, -0.1) is 0 Å². The van der Waals surface area contributed by atoms with Crippen molar-refractivity contribution in [2.75, 3.05) is 0 Å². The van der Waals surface area contributed by atoms with Gasteiger partial charge >= 0.3 is 0 Å².